The highest BCUT2D eigenvalue weighted by atomic mass is 16.2. The quantitative estimate of drug-likeness (QED) is 0.371. The van der Waals surface area contributed by atoms with Gasteiger partial charge < -0.3 is 15.6 Å². The predicted molar refractivity (Wildman–Crippen MR) is 140 cm³/mol. The van der Waals surface area contributed by atoms with Gasteiger partial charge in [0.15, 0.2) is 0 Å². The van der Waals surface area contributed by atoms with Crippen LogP contribution in [0.5, 0.6) is 0 Å². The summed E-state index contributed by atoms with van der Waals surface area (Å²) < 4.78 is 0. The van der Waals surface area contributed by atoms with Crippen LogP contribution in [0.3, 0.4) is 0 Å². The summed E-state index contributed by atoms with van der Waals surface area (Å²) in [6.45, 7) is 0. The highest BCUT2D eigenvalue weighted by molar-refractivity contribution is 5.93. The average Bonchev–Trinajstić information content (AvgIpc) is 3.41. The molecular weight excluding hydrogens is 436 g/mol. The van der Waals surface area contributed by atoms with Gasteiger partial charge in [0, 0.05) is 28.8 Å². The fourth-order valence-electron chi connectivity index (χ4n) is 5.28. The van der Waals surface area contributed by atoms with Gasteiger partial charge in [-0.25, -0.2) is 4.98 Å². The number of carbonyl (C=O) groups is 2. The van der Waals surface area contributed by atoms with Crippen molar-refractivity contribution in [3.8, 4) is 22.6 Å². The molecule has 0 spiro atoms. The summed E-state index contributed by atoms with van der Waals surface area (Å²) in [4.78, 5) is 32.9. The van der Waals surface area contributed by atoms with Crippen LogP contribution in [0.1, 0.15) is 64.2 Å². The zero-order valence-electron chi connectivity index (χ0n) is 20.2. The van der Waals surface area contributed by atoms with Gasteiger partial charge in [-0.15, -0.1) is 0 Å². The predicted octanol–water partition coefficient (Wildman–Crippen LogP) is 6.78. The van der Waals surface area contributed by atoms with E-state index in [1.807, 2.05) is 54.7 Å². The molecule has 0 aliphatic heterocycles. The third kappa shape index (κ3) is 5.81. The van der Waals surface area contributed by atoms with E-state index in [1.165, 1.54) is 12.8 Å². The number of aromatic amines is 1. The first kappa shape index (κ1) is 23.3. The standard InChI is InChI=1S/C29H34N4O2/c34-28(22-7-3-1-4-8-22)31-24-15-11-20(12-16-24)26-19-30-27(33-26)21-13-17-25(18-14-21)32-29(35)23-9-5-2-6-10-23/h11-19,22-23H,1-10H2,(H,30,33)(H,31,34)(H,32,35). The minimum absolute atomic E-state index is 0.135. The average molecular weight is 471 g/mol. The molecule has 3 N–H and O–H groups in total. The second-order valence-corrected chi connectivity index (χ2v) is 9.95. The van der Waals surface area contributed by atoms with E-state index < -0.39 is 0 Å². The summed E-state index contributed by atoms with van der Waals surface area (Å²) in [5, 5.41) is 6.13. The van der Waals surface area contributed by atoms with Crippen LogP contribution < -0.4 is 10.6 Å². The Kier molecular flexibility index (Phi) is 7.26. The van der Waals surface area contributed by atoms with Crippen molar-refractivity contribution in [2.75, 3.05) is 10.6 Å². The van der Waals surface area contributed by atoms with Crippen LogP contribution in [0.15, 0.2) is 54.7 Å². The Morgan fingerprint density at radius 1 is 0.657 bits per heavy atom. The number of H-pyrrole nitrogens is 1. The lowest BCUT2D eigenvalue weighted by Gasteiger charge is -2.20. The second kappa shape index (κ2) is 10.9. The van der Waals surface area contributed by atoms with E-state index in [0.717, 1.165) is 85.4 Å². The highest BCUT2D eigenvalue weighted by Gasteiger charge is 2.22. The Bertz CT molecular complexity index is 1050. The summed E-state index contributed by atoms with van der Waals surface area (Å²) >= 11 is 0. The third-order valence-corrected chi connectivity index (χ3v) is 7.42. The fraction of sp³-hybridized carbons (Fsp3) is 0.414. The van der Waals surface area contributed by atoms with Gasteiger partial charge in [0.1, 0.15) is 5.82 Å². The van der Waals surface area contributed by atoms with Crippen molar-refractivity contribution in [2.45, 2.75) is 64.2 Å². The minimum atomic E-state index is 0.135. The Hall–Kier alpha value is -3.41. The van der Waals surface area contributed by atoms with Crippen LogP contribution in [-0.2, 0) is 9.59 Å². The molecule has 35 heavy (non-hydrogen) atoms. The molecule has 2 aliphatic carbocycles. The topological polar surface area (TPSA) is 86.9 Å². The van der Waals surface area contributed by atoms with Crippen LogP contribution in [0.4, 0.5) is 11.4 Å². The summed E-state index contributed by atoms with van der Waals surface area (Å²) in [7, 11) is 0. The van der Waals surface area contributed by atoms with Crippen LogP contribution in [0.2, 0.25) is 0 Å². The first-order valence-electron chi connectivity index (χ1n) is 13.0. The zero-order chi connectivity index (χ0) is 24.0. The molecule has 0 bridgehead atoms. The SMILES string of the molecule is O=C(Nc1ccc(-c2cnc(-c3ccc(NC(=O)C4CCCCC4)cc3)[nH]2)cc1)C1CCCCC1. The molecule has 182 valence electrons. The lowest BCUT2D eigenvalue weighted by molar-refractivity contribution is -0.121. The molecule has 0 unspecified atom stereocenters. The molecule has 3 aromatic rings. The van der Waals surface area contributed by atoms with Crippen molar-refractivity contribution in [3.63, 3.8) is 0 Å². The minimum Gasteiger partial charge on any atom is -0.338 e. The molecule has 5 rings (SSSR count). The molecule has 0 atom stereocenters. The number of hydrogen-bond donors (Lipinski definition) is 3. The number of nitrogens with one attached hydrogen (secondary N) is 3. The maximum absolute atomic E-state index is 12.5. The third-order valence-electron chi connectivity index (χ3n) is 7.42. The molecule has 0 radical (unpaired) electrons. The summed E-state index contributed by atoms with van der Waals surface area (Å²) in [6, 6.07) is 15.7. The Morgan fingerprint density at radius 2 is 1.11 bits per heavy atom. The van der Waals surface area contributed by atoms with Gasteiger partial charge in [0.05, 0.1) is 11.9 Å². The van der Waals surface area contributed by atoms with Gasteiger partial charge in [-0.3, -0.25) is 9.59 Å². The second-order valence-electron chi connectivity index (χ2n) is 9.95. The van der Waals surface area contributed by atoms with E-state index in [9.17, 15) is 9.59 Å². The molecule has 2 amide bonds. The lowest BCUT2D eigenvalue weighted by Crippen LogP contribution is -2.24. The smallest absolute Gasteiger partial charge is 0.227 e. The van der Waals surface area contributed by atoms with Gasteiger partial charge in [-0.2, -0.15) is 0 Å². The van der Waals surface area contributed by atoms with Crippen molar-refractivity contribution in [1.29, 1.82) is 0 Å². The normalized spacial score (nSPS) is 17.1. The molecule has 2 aliphatic rings. The van der Waals surface area contributed by atoms with Crippen LogP contribution in [0.25, 0.3) is 22.6 Å². The number of aromatic nitrogens is 2. The van der Waals surface area contributed by atoms with Crippen molar-refractivity contribution in [1.82, 2.24) is 9.97 Å². The first-order valence-corrected chi connectivity index (χ1v) is 13.0. The Balaban J connectivity index is 1.19. The fourth-order valence-corrected chi connectivity index (χ4v) is 5.28. The molecule has 2 aromatic carbocycles. The molecule has 6 heteroatoms. The van der Waals surface area contributed by atoms with Gasteiger partial charge in [-0.05, 0) is 67.6 Å². The first-order chi connectivity index (χ1) is 17.2. The lowest BCUT2D eigenvalue weighted by atomic mass is 9.88. The van der Waals surface area contributed by atoms with Crippen LogP contribution in [-0.4, -0.2) is 21.8 Å². The maximum Gasteiger partial charge on any atom is 0.227 e. The molecular formula is C29H34N4O2. The van der Waals surface area contributed by atoms with E-state index in [-0.39, 0.29) is 23.7 Å². The molecule has 2 fully saturated rings. The van der Waals surface area contributed by atoms with E-state index in [1.54, 1.807) is 0 Å². The van der Waals surface area contributed by atoms with E-state index in [2.05, 4.69) is 20.6 Å². The van der Waals surface area contributed by atoms with E-state index in [4.69, 9.17) is 0 Å². The van der Waals surface area contributed by atoms with Crippen LogP contribution in [0, 0.1) is 11.8 Å². The van der Waals surface area contributed by atoms with E-state index in [0.29, 0.717) is 0 Å². The molecule has 2 saturated carbocycles. The number of imidazole rings is 1. The summed E-state index contributed by atoms with van der Waals surface area (Å²) in [5.74, 6) is 1.34. The highest BCUT2D eigenvalue weighted by Crippen LogP contribution is 2.28. The molecule has 6 nitrogen and oxygen atoms in total. The van der Waals surface area contributed by atoms with Crippen molar-refractivity contribution in [2.24, 2.45) is 11.8 Å². The molecule has 0 saturated heterocycles. The number of carbonyl (C=O) groups excluding carboxylic acids is 2. The molecule has 1 aromatic heterocycles. The number of anilines is 2. The number of amides is 2. The van der Waals surface area contributed by atoms with Crippen LogP contribution >= 0.6 is 0 Å². The van der Waals surface area contributed by atoms with Crippen molar-refractivity contribution >= 4 is 23.2 Å². The Morgan fingerprint density at radius 3 is 1.60 bits per heavy atom. The number of nitrogens with zero attached hydrogens (tertiary/aromatic N) is 1. The summed E-state index contributed by atoms with van der Waals surface area (Å²) in [5.41, 5.74) is 4.54. The molecule has 1 heterocycles. The van der Waals surface area contributed by atoms with E-state index >= 15 is 0 Å². The summed E-state index contributed by atoms with van der Waals surface area (Å²) in [6.07, 6.45) is 12.9. The largest absolute Gasteiger partial charge is 0.338 e. The zero-order valence-corrected chi connectivity index (χ0v) is 20.2. The van der Waals surface area contributed by atoms with Crippen molar-refractivity contribution in [3.05, 3.63) is 54.7 Å². The number of rotatable bonds is 6. The van der Waals surface area contributed by atoms with Gasteiger partial charge in [-0.1, -0.05) is 50.7 Å². The Labute approximate surface area is 206 Å². The van der Waals surface area contributed by atoms with Gasteiger partial charge in [0.25, 0.3) is 0 Å². The van der Waals surface area contributed by atoms with Gasteiger partial charge in [0.2, 0.25) is 11.8 Å². The number of hydrogen-bond acceptors (Lipinski definition) is 3. The van der Waals surface area contributed by atoms with Crippen molar-refractivity contribution < 1.29 is 9.59 Å². The number of benzene rings is 2. The monoisotopic (exact) mass is 470 g/mol. The maximum atomic E-state index is 12.5. The van der Waals surface area contributed by atoms with Gasteiger partial charge >= 0.3 is 0 Å².